The zero-order valence-electron chi connectivity index (χ0n) is 10.8. The van der Waals surface area contributed by atoms with Gasteiger partial charge in [0.15, 0.2) is 0 Å². The lowest BCUT2D eigenvalue weighted by Crippen LogP contribution is -2.09. The third-order valence-electron chi connectivity index (χ3n) is 2.52. The molecule has 0 fully saturated rings. The van der Waals surface area contributed by atoms with Crippen molar-refractivity contribution in [2.75, 3.05) is 5.32 Å². The van der Waals surface area contributed by atoms with Crippen LogP contribution < -0.4 is 5.32 Å². The van der Waals surface area contributed by atoms with Crippen LogP contribution in [0.4, 0.5) is 5.69 Å². The van der Waals surface area contributed by atoms with Gasteiger partial charge in [0.25, 0.3) is 0 Å². The van der Waals surface area contributed by atoms with Crippen molar-refractivity contribution in [1.82, 2.24) is 4.98 Å². The van der Waals surface area contributed by atoms with E-state index in [1.807, 2.05) is 24.4 Å². The van der Waals surface area contributed by atoms with Crippen molar-refractivity contribution >= 4 is 33.0 Å². The second-order valence-electron chi connectivity index (χ2n) is 5.22. The Balaban J connectivity index is 2.03. The van der Waals surface area contributed by atoms with E-state index in [4.69, 9.17) is 0 Å². The van der Waals surface area contributed by atoms with Gasteiger partial charge in [-0.1, -0.05) is 32.9 Å². The third kappa shape index (κ3) is 3.33. The van der Waals surface area contributed by atoms with Crippen molar-refractivity contribution in [2.45, 2.75) is 32.7 Å². The highest BCUT2D eigenvalue weighted by molar-refractivity contribution is 9.10. The topological polar surface area (TPSA) is 24.9 Å². The molecule has 0 spiro atoms. The SMILES string of the molecule is CC(C)(C)c1ncc(CNc2ccccc2Br)s1. The summed E-state index contributed by atoms with van der Waals surface area (Å²) in [5, 5.41) is 4.60. The molecule has 4 heteroatoms. The van der Waals surface area contributed by atoms with Crippen molar-refractivity contribution in [3.63, 3.8) is 0 Å². The van der Waals surface area contributed by atoms with Gasteiger partial charge in [0.05, 0.1) is 11.6 Å². The molecule has 1 N–H and O–H groups in total. The molecule has 1 aromatic heterocycles. The lowest BCUT2D eigenvalue weighted by atomic mass is 9.98. The fraction of sp³-hybridized carbons (Fsp3) is 0.357. The highest BCUT2D eigenvalue weighted by Crippen LogP contribution is 2.28. The molecule has 0 aliphatic carbocycles. The largest absolute Gasteiger partial charge is 0.379 e. The highest BCUT2D eigenvalue weighted by Gasteiger charge is 2.17. The van der Waals surface area contributed by atoms with E-state index < -0.39 is 0 Å². The molecule has 96 valence electrons. The van der Waals surface area contributed by atoms with Crippen molar-refractivity contribution in [2.24, 2.45) is 0 Å². The number of halogens is 1. The van der Waals surface area contributed by atoms with Gasteiger partial charge in [0, 0.05) is 26.6 Å². The molecule has 0 unspecified atom stereocenters. The molecule has 1 heterocycles. The van der Waals surface area contributed by atoms with Gasteiger partial charge in [-0.05, 0) is 28.1 Å². The van der Waals surface area contributed by atoms with Crippen LogP contribution in [0, 0.1) is 0 Å². The number of rotatable bonds is 3. The second-order valence-corrected chi connectivity index (χ2v) is 7.18. The maximum Gasteiger partial charge on any atom is 0.0981 e. The smallest absolute Gasteiger partial charge is 0.0981 e. The normalized spacial score (nSPS) is 11.6. The summed E-state index contributed by atoms with van der Waals surface area (Å²) in [7, 11) is 0. The monoisotopic (exact) mass is 324 g/mol. The van der Waals surface area contributed by atoms with Gasteiger partial charge in [0.2, 0.25) is 0 Å². The lowest BCUT2D eigenvalue weighted by molar-refractivity contribution is 0.585. The third-order valence-corrected chi connectivity index (χ3v) is 4.64. The van der Waals surface area contributed by atoms with Crippen LogP contribution in [-0.4, -0.2) is 4.98 Å². The van der Waals surface area contributed by atoms with Crippen LogP contribution >= 0.6 is 27.3 Å². The van der Waals surface area contributed by atoms with E-state index in [1.165, 1.54) is 9.88 Å². The molecule has 1 aromatic carbocycles. The standard InChI is InChI=1S/C14H17BrN2S/c1-14(2,3)13-17-9-10(18-13)8-16-12-7-5-4-6-11(12)15/h4-7,9,16H,8H2,1-3H3. The summed E-state index contributed by atoms with van der Waals surface area (Å²) >= 11 is 5.31. The summed E-state index contributed by atoms with van der Waals surface area (Å²) in [6.45, 7) is 7.39. The first kappa shape index (κ1) is 13.6. The van der Waals surface area contributed by atoms with Crippen LogP contribution in [0.1, 0.15) is 30.7 Å². The van der Waals surface area contributed by atoms with Crippen molar-refractivity contribution < 1.29 is 0 Å². The zero-order chi connectivity index (χ0) is 13.2. The van der Waals surface area contributed by atoms with Gasteiger partial charge in [0.1, 0.15) is 0 Å². The number of nitrogens with one attached hydrogen (secondary N) is 1. The number of para-hydroxylation sites is 1. The first-order chi connectivity index (χ1) is 8.47. The van der Waals surface area contributed by atoms with Crippen LogP contribution in [0.15, 0.2) is 34.9 Å². The van der Waals surface area contributed by atoms with E-state index in [0.717, 1.165) is 16.7 Å². The molecule has 0 aliphatic heterocycles. The van der Waals surface area contributed by atoms with E-state index in [1.54, 1.807) is 11.3 Å². The maximum absolute atomic E-state index is 4.49. The van der Waals surface area contributed by atoms with Gasteiger partial charge in [-0.25, -0.2) is 4.98 Å². The zero-order valence-corrected chi connectivity index (χ0v) is 13.2. The summed E-state index contributed by atoms with van der Waals surface area (Å²) in [5.74, 6) is 0. The average molecular weight is 325 g/mol. The Morgan fingerprint density at radius 2 is 2.00 bits per heavy atom. The molecule has 0 bridgehead atoms. The van der Waals surface area contributed by atoms with Crippen LogP contribution in [0.3, 0.4) is 0 Å². The first-order valence-electron chi connectivity index (χ1n) is 5.90. The van der Waals surface area contributed by atoms with E-state index >= 15 is 0 Å². The van der Waals surface area contributed by atoms with Crippen molar-refractivity contribution in [1.29, 1.82) is 0 Å². The number of aromatic nitrogens is 1. The number of hydrogen-bond acceptors (Lipinski definition) is 3. The minimum Gasteiger partial charge on any atom is -0.379 e. The van der Waals surface area contributed by atoms with Gasteiger partial charge >= 0.3 is 0 Å². The molecule has 0 aliphatic rings. The molecule has 0 saturated carbocycles. The van der Waals surface area contributed by atoms with Crippen LogP contribution in [0.5, 0.6) is 0 Å². The fourth-order valence-corrected chi connectivity index (χ4v) is 2.86. The van der Waals surface area contributed by atoms with E-state index in [0.29, 0.717) is 0 Å². The lowest BCUT2D eigenvalue weighted by Gasteiger charge is -2.13. The predicted octanol–water partition coefficient (Wildman–Crippen LogP) is 4.82. The van der Waals surface area contributed by atoms with E-state index in [2.05, 4.69) is 53.1 Å². The summed E-state index contributed by atoms with van der Waals surface area (Å²) in [6, 6.07) is 8.14. The summed E-state index contributed by atoms with van der Waals surface area (Å²) in [4.78, 5) is 5.75. The minimum absolute atomic E-state index is 0.135. The molecule has 0 saturated heterocycles. The Morgan fingerprint density at radius 1 is 1.28 bits per heavy atom. The second kappa shape index (κ2) is 5.41. The highest BCUT2D eigenvalue weighted by atomic mass is 79.9. The molecule has 2 rings (SSSR count). The fourth-order valence-electron chi connectivity index (χ4n) is 1.52. The molecule has 0 atom stereocenters. The molecular weight excluding hydrogens is 308 g/mol. The number of hydrogen-bond donors (Lipinski definition) is 1. The average Bonchev–Trinajstić information content (AvgIpc) is 2.76. The Kier molecular flexibility index (Phi) is 4.07. The minimum atomic E-state index is 0.135. The van der Waals surface area contributed by atoms with Crippen molar-refractivity contribution in [3.05, 3.63) is 44.8 Å². The van der Waals surface area contributed by atoms with Crippen LogP contribution in [0.2, 0.25) is 0 Å². The van der Waals surface area contributed by atoms with Gasteiger partial charge in [-0.3, -0.25) is 0 Å². The molecule has 18 heavy (non-hydrogen) atoms. The first-order valence-corrected chi connectivity index (χ1v) is 7.51. The molecule has 0 radical (unpaired) electrons. The summed E-state index contributed by atoms with van der Waals surface area (Å²) in [5.41, 5.74) is 1.25. The van der Waals surface area contributed by atoms with Gasteiger partial charge in [-0.15, -0.1) is 11.3 Å². The van der Waals surface area contributed by atoms with Crippen LogP contribution in [-0.2, 0) is 12.0 Å². The maximum atomic E-state index is 4.49. The van der Waals surface area contributed by atoms with Gasteiger partial charge in [-0.2, -0.15) is 0 Å². The Morgan fingerprint density at radius 3 is 2.61 bits per heavy atom. The number of thiazole rings is 1. The molecule has 2 aromatic rings. The van der Waals surface area contributed by atoms with E-state index in [9.17, 15) is 0 Å². The Bertz CT molecular complexity index is 529. The number of benzene rings is 1. The predicted molar refractivity (Wildman–Crippen MR) is 82.3 cm³/mol. The van der Waals surface area contributed by atoms with E-state index in [-0.39, 0.29) is 5.41 Å². The number of nitrogens with zero attached hydrogens (tertiary/aromatic N) is 1. The number of anilines is 1. The van der Waals surface area contributed by atoms with Crippen molar-refractivity contribution in [3.8, 4) is 0 Å². The van der Waals surface area contributed by atoms with Crippen LogP contribution in [0.25, 0.3) is 0 Å². The Hall–Kier alpha value is -0.870. The summed E-state index contributed by atoms with van der Waals surface area (Å²) < 4.78 is 1.09. The quantitative estimate of drug-likeness (QED) is 0.875. The molecular formula is C14H17BrN2S. The Labute approximate surface area is 121 Å². The molecule has 0 amide bonds. The van der Waals surface area contributed by atoms with Gasteiger partial charge < -0.3 is 5.32 Å². The molecule has 2 nitrogen and oxygen atoms in total. The summed E-state index contributed by atoms with van der Waals surface area (Å²) in [6.07, 6.45) is 1.97.